The highest BCUT2D eigenvalue weighted by Crippen LogP contribution is 2.31. The molecule has 2 aliphatic rings. The number of halogens is 2. The summed E-state index contributed by atoms with van der Waals surface area (Å²) in [6.45, 7) is 5.83. The van der Waals surface area contributed by atoms with Crippen LogP contribution >= 0.6 is 23.2 Å². The summed E-state index contributed by atoms with van der Waals surface area (Å²) in [5.74, 6) is 1.12. The van der Waals surface area contributed by atoms with Crippen molar-refractivity contribution in [3.8, 4) is 22.9 Å². The summed E-state index contributed by atoms with van der Waals surface area (Å²) < 4.78 is 6.17. The van der Waals surface area contributed by atoms with Crippen LogP contribution in [0.5, 0.6) is 11.6 Å². The summed E-state index contributed by atoms with van der Waals surface area (Å²) in [6, 6.07) is 8.81. The van der Waals surface area contributed by atoms with Crippen LogP contribution in [-0.2, 0) is 11.3 Å². The van der Waals surface area contributed by atoms with E-state index in [0.29, 0.717) is 78.8 Å². The predicted molar refractivity (Wildman–Crippen MR) is 176 cm³/mol. The molecule has 0 aliphatic carbocycles. The number of carbonyl (C=O) groups is 2. The first-order chi connectivity index (χ1) is 22.1. The maximum atomic E-state index is 11.6. The Morgan fingerprint density at radius 3 is 2.28 bits per heavy atom. The minimum atomic E-state index is -0.955. The average molecular weight is 673 g/mol. The number of hydrogen-bond donors (Lipinski definition) is 4. The molecule has 46 heavy (non-hydrogen) atoms. The van der Waals surface area contributed by atoms with Crippen LogP contribution in [0.3, 0.4) is 0 Å². The highest BCUT2D eigenvalue weighted by atomic mass is 35.5. The second-order valence-corrected chi connectivity index (χ2v) is 12.5. The molecule has 0 unspecified atom stereocenters. The lowest BCUT2D eigenvalue weighted by Crippen LogP contribution is -2.51. The van der Waals surface area contributed by atoms with Gasteiger partial charge in [-0.3, -0.25) is 14.6 Å². The first-order valence-electron chi connectivity index (χ1n) is 15.2. The fourth-order valence-corrected chi connectivity index (χ4v) is 6.06. The summed E-state index contributed by atoms with van der Waals surface area (Å²) in [5, 5.41) is 17.2. The van der Waals surface area contributed by atoms with Crippen LogP contribution in [0.1, 0.15) is 24.8 Å². The van der Waals surface area contributed by atoms with Gasteiger partial charge in [0.25, 0.3) is 0 Å². The smallest absolute Gasteiger partial charge is 0.314 e. The second-order valence-electron chi connectivity index (χ2n) is 11.7. The van der Waals surface area contributed by atoms with E-state index in [-0.39, 0.29) is 18.5 Å². The van der Waals surface area contributed by atoms with Gasteiger partial charge in [-0.1, -0.05) is 23.2 Å². The van der Waals surface area contributed by atoms with E-state index in [4.69, 9.17) is 38.7 Å². The van der Waals surface area contributed by atoms with Gasteiger partial charge in [0.1, 0.15) is 0 Å². The SMILES string of the molecule is CNC(=O)NCC1(O)CCN(Cc2cc(Oc3cnc(N4CCN(CCC(N)=O)CC4)nc3)nc(-c3cc(Cl)cc(Cl)c3)c2)CC1. The second kappa shape index (κ2) is 15.2. The molecular formula is C31H39Cl2N9O4. The van der Waals surface area contributed by atoms with Crippen molar-refractivity contribution in [3.05, 3.63) is 58.3 Å². The van der Waals surface area contributed by atoms with E-state index in [0.717, 1.165) is 37.3 Å². The largest absolute Gasteiger partial charge is 0.436 e. The van der Waals surface area contributed by atoms with Crippen molar-refractivity contribution >= 4 is 41.1 Å². The van der Waals surface area contributed by atoms with Crippen LogP contribution in [-0.4, -0.2) is 107 Å². The summed E-state index contributed by atoms with van der Waals surface area (Å²) in [5.41, 5.74) is 6.68. The van der Waals surface area contributed by atoms with Crippen molar-refractivity contribution in [2.75, 3.05) is 64.3 Å². The van der Waals surface area contributed by atoms with E-state index in [1.807, 2.05) is 12.1 Å². The maximum Gasteiger partial charge on any atom is 0.314 e. The number of primary amides is 1. The molecule has 5 rings (SSSR count). The molecule has 2 saturated heterocycles. The Labute approximate surface area is 278 Å². The lowest BCUT2D eigenvalue weighted by atomic mass is 9.91. The number of rotatable bonds is 11. The van der Waals surface area contributed by atoms with Crippen LogP contribution in [0, 0.1) is 0 Å². The number of hydrogen-bond acceptors (Lipinski definition) is 10. The Morgan fingerprint density at radius 1 is 0.978 bits per heavy atom. The van der Waals surface area contributed by atoms with Gasteiger partial charge in [-0.2, -0.15) is 0 Å². The average Bonchev–Trinajstić information content (AvgIpc) is 3.04. The minimum absolute atomic E-state index is 0.196. The number of benzene rings is 1. The Balaban J connectivity index is 1.27. The molecule has 2 fully saturated rings. The molecule has 13 nitrogen and oxygen atoms in total. The first kappa shape index (κ1) is 33.6. The van der Waals surface area contributed by atoms with Gasteiger partial charge in [-0.25, -0.2) is 19.7 Å². The topological polar surface area (TPSA) is 162 Å². The highest BCUT2D eigenvalue weighted by molar-refractivity contribution is 6.35. The third-order valence-electron chi connectivity index (χ3n) is 8.18. The zero-order chi connectivity index (χ0) is 32.7. The van der Waals surface area contributed by atoms with Crippen molar-refractivity contribution in [1.29, 1.82) is 0 Å². The van der Waals surface area contributed by atoms with Crippen molar-refractivity contribution in [2.24, 2.45) is 5.73 Å². The number of piperidine rings is 1. The van der Waals surface area contributed by atoms with Gasteiger partial charge in [-0.15, -0.1) is 0 Å². The summed E-state index contributed by atoms with van der Waals surface area (Å²) in [7, 11) is 1.54. The number of pyridine rings is 1. The van der Waals surface area contributed by atoms with Gasteiger partial charge >= 0.3 is 6.03 Å². The molecule has 2 aliphatic heterocycles. The molecule has 0 radical (unpaired) electrons. The minimum Gasteiger partial charge on any atom is -0.436 e. The molecule has 2 aromatic heterocycles. The summed E-state index contributed by atoms with van der Waals surface area (Å²) >= 11 is 12.6. The molecule has 0 bridgehead atoms. The molecule has 5 N–H and O–H groups in total. The van der Waals surface area contributed by atoms with Crippen LogP contribution in [0.25, 0.3) is 11.3 Å². The quantitative estimate of drug-likeness (QED) is 0.238. The molecule has 4 heterocycles. The fourth-order valence-electron chi connectivity index (χ4n) is 5.53. The van der Waals surface area contributed by atoms with Crippen molar-refractivity contribution < 1.29 is 19.4 Å². The molecule has 15 heteroatoms. The highest BCUT2D eigenvalue weighted by Gasteiger charge is 2.32. The number of anilines is 1. The molecule has 0 spiro atoms. The number of aromatic nitrogens is 3. The number of aliphatic hydroxyl groups is 1. The number of ether oxygens (including phenoxy) is 1. The third kappa shape index (κ3) is 9.39. The van der Waals surface area contributed by atoms with E-state index in [2.05, 4.69) is 35.3 Å². The monoisotopic (exact) mass is 671 g/mol. The van der Waals surface area contributed by atoms with Gasteiger partial charge < -0.3 is 31.1 Å². The van der Waals surface area contributed by atoms with Crippen LogP contribution in [0.2, 0.25) is 10.0 Å². The number of likely N-dealkylation sites (tertiary alicyclic amines) is 1. The lowest BCUT2D eigenvalue weighted by molar-refractivity contribution is -0.118. The number of nitrogens with two attached hydrogens (primary N) is 1. The van der Waals surface area contributed by atoms with Crippen LogP contribution in [0.15, 0.2) is 42.7 Å². The van der Waals surface area contributed by atoms with Gasteiger partial charge in [0.05, 0.1) is 23.7 Å². The number of amides is 3. The van der Waals surface area contributed by atoms with Crippen molar-refractivity contribution in [2.45, 2.75) is 31.4 Å². The van der Waals surface area contributed by atoms with E-state index >= 15 is 0 Å². The van der Waals surface area contributed by atoms with Gasteiger partial charge in [0, 0.05) is 94.0 Å². The molecule has 246 valence electrons. The molecule has 3 aromatic rings. The number of piperazine rings is 1. The number of nitrogens with zero attached hydrogens (tertiary/aromatic N) is 6. The standard InChI is InChI=1S/C31H39Cl2N9O4/c1-35-30(44)38-20-31(45)3-6-41(7-4-31)19-21-12-26(22-14-23(32)16-24(33)15-22)39-28(13-21)46-25-17-36-29(37-18-25)42-10-8-40(9-11-42)5-2-27(34)43/h12-18,45H,2-11,19-20H2,1H3,(H2,34,43)(H2,35,38,44). The summed E-state index contributed by atoms with van der Waals surface area (Å²) in [4.78, 5) is 43.1. The zero-order valence-corrected chi connectivity index (χ0v) is 27.2. The van der Waals surface area contributed by atoms with Crippen molar-refractivity contribution in [1.82, 2.24) is 35.4 Å². The number of carbonyl (C=O) groups excluding carboxylic acids is 2. The predicted octanol–water partition coefficient (Wildman–Crippen LogP) is 2.89. The normalized spacial score (nSPS) is 17.0. The number of urea groups is 1. The Bertz CT molecular complexity index is 1490. The molecular weight excluding hydrogens is 633 g/mol. The van der Waals surface area contributed by atoms with Gasteiger partial charge in [0.2, 0.25) is 17.7 Å². The van der Waals surface area contributed by atoms with Gasteiger partial charge in [0.15, 0.2) is 5.75 Å². The van der Waals surface area contributed by atoms with E-state index in [1.165, 1.54) is 0 Å². The lowest BCUT2D eigenvalue weighted by Gasteiger charge is -2.38. The van der Waals surface area contributed by atoms with Gasteiger partial charge in [-0.05, 0) is 42.7 Å². The third-order valence-corrected chi connectivity index (χ3v) is 8.62. The molecule has 3 amide bonds. The zero-order valence-electron chi connectivity index (χ0n) is 25.7. The van der Waals surface area contributed by atoms with Crippen molar-refractivity contribution in [3.63, 3.8) is 0 Å². The summed E-state index contributed by atoms with van der Waals surface area (Å²) in [6.07, 6.45) is 4.65. The fraction of sp³-hybridized carbons (Fsp3) is 0.452. The van der Waals surface area contributed by atoms with E-state index < -0.39 is 5.60 Å². The molecule has 1 aromatic carbocycles. The maximum absolute atomic E-state index is 11.6. The van der Waals surface area contributed by atoms with E-state index in [9.17, 15) is 14.7 Å². The van der Waals surface area contributed by atoms with Crippen LogP contribution < -0.4 is 26.0 Å². The van der Waals surface area contributed by atoms with E-state index in [1.54, 1.807) is 37.6 Å². The van der Waals surface area contributed by atoms with Crippen LogP contribution in [0.4, 0.5) is 10.7 Å². The molecule has 0 saturated carbocycles. The molecule has 0 atom stereocenters. The Morgan fingerprint density at radius 2 is 1.65 bits per heavy atom. The Kier molecular flexibility index (Phi) is 11.1. The number of nitrogens with one attached hydrogen (secondary N) is 2. The first-order valence-corrected chi connectivity index (χ1v) is 16.0. The Hall–Kier alpha value is -3.75.